The Kier molecular flexibility index (Phi) is 11.9. The van der Waals surface area contributed by atoms with E-state index in [2.05, 4.69) is 122 Å². The van der Waals surface area contributed by atoms with Gasteiger partial charge in [0.2, 0.25) is 0 Å². The molecule has 2 heterocycles. The first-order chi connectivity index (χ1) is 16.3. The molecule has 0 bridgehead atoms. The van der Waals surface area contributed by atoms with Gasteiger partial charge in [0.25, 0.3) is 0 Å². The van der Waals surface area contributed by atoms with Crippen LogP contribution in [0.25, 0.3) is 0 Å². The van der Waals surface area contributed by atoms with Gasteiger partial charge in [-0.3, -0.25) is 0 Å². The van der Waals surface area contributed by atoms with E-state index in [9.17, 15) is 0 Å². The van der Waals surface area contributed by atoms with Crippen molar-refractivity contribution >= 4 is 22.9 Å². The maximum atomic E-state index is 6.18. The number of nitrogens with zero attached hydrogens (tertiary/aromatic N) is 10. The Morgan fingerprint density at radius 2 is 0.657 bits per heavy atom. The molecule has 0 atom stereocenters. The van der Waals surface area contributed by atoms with Crippen LogP contribution in [0.2, 0.25) is 0 Å². The first kappa shape index (κ1) is 31.8. The zero-order valence-corrected chi connectivity index (χ0v) is 27.7. The fraction of sp³-hybridized carbons (Fsp3) is 1.00. The van der Waals surface area contributed by atoms with Crippen molar-refractivity contribution in [1.82, 2.24) is 37.4 Å². The normalized spacial score (nSPS) is 20.6. The molecule has 35 heavy (non-hydrogen) atoms. The Morgan fingerprint density at radius 1 is 0.429 bits per heavy atom. The van der Waals surface area contributed by atoms with Crippen LogP contribution in [0.1, 0.15) is 38.5 Å². The summed E-state index contributed by atoms with van der Waals surface area (Å²) in [6.07, 6.45) is 7.58. The molecule has 2 aliphatic rings. The molecule has 0 aromatic carbocycles. The molecule has 2 aliphatic heterocycles. The molecule has 0 aliphatic carbocycles. The Hall–Kier alpha value is 0.570. The fourth-order valence-electron chi connectivity index (χ4n) is 5.90. The van der Waals surface area contributed by atoms with Gasteiger partial charge in [-0.1, -0.05) is 0 Å². The van der Waals surface area contributed by atoms with E-state index < -0.39 is 22.9 Å². The third-order valence-corrected chi connectivity index (χ3v) is 20.6. The standard InChI is InChI=1S/C22H57N10P3/c1-25(2)34(26(3)4,27(5)6)23-33(31-19-15-13-16-20-31,32-21-17-14-18-22-32)24-35(28(7)8,29(9)10)30(11)12/h33H,13-22H2,1-12H3. The van der Waals surface area contributed by atoms with E-state index in [1.807, 2.05) is 0 Å². The average Bonchev–Trinajstić information content (AvgIpc) is 2.79. The molecule has 2 saturated heterocycles. The van der Waals surface area contributed by atoms with Gasteiger partial charge < -0.3 is 0 Å². The molecular weight excluding hydrogens is 497 g/mol. The molecule has 13 heteroatoms. The van der Waals surface area contributed by atoms with Gasteiger partial charge >= 0.3 is 219 Å². The van der Waals surface area contributed by atoms with E-state index in [0.29, 0.717) is 0 Å². The molecule has 0 spiro atoms. The van der Waals surface area contributed by atoms with Gasteiger partial charge in [0.15, 0.2) is 0 Å². The summed E-state index contributed by atoms with van der Waals surface area (Å²) in [6.45, 7) is 4.38. The van der Waals surface area contributed by atoms with Crippen molar-refractivity contribution in [2.75, 3.05) is 111 Å². The predicted octanol–water partition coefficient (Wildman–Crippen LogP) is 4.63. The van der Waals surface area contributed by atoms with E-state index in [4.69, 9.17) is 9.03 Å². The first-order valence-electron chi connectivity index (χ1n) is 13.1. The third-order valence-electron chi connectivity index (χ3n) is 7.32. The molecule has 2 rings (SSSR count). The summed E-state index contributed by atoms with van der Waals surface area (Å²) < 4.78 is 32.1. The molecule has 0 N–H and O–H groups in total. The van der Waals surface area contributed by atoms with Gasteiger partial charge in [0.1, 0.15) is 0 Å². The van der Waals surface area contributed by atoms with Gasteiger partial charge in [-0.25, -0.2) is 0 Å². The van der Waals surface area contributed by atoms with E-state index in [0.717, 1.165) is 26.2 Å². The number of hydrogen-bond donors (Lipinski definition) is 0. The van der Waals surface area contributed by atoms with Crippen LogP contribution in [0.5, 0.6) is 0 Å². The first-order valence-corrected chi connectivity index (χ1v) is 18.1. The monoisotopic (exact) mass is 554 g/mol. The van der Waals surface area contributed by atoms with Gasteiger partial charge in [0, 0.05) is 0 Å². The summed E-state index contributed by atoms with van der Waals surface area (Å²) in [6, 6.07) is 0. The van der Waals surface area contributed by atoms with Crippen molar-refractivity contribution in [3.63, 3.8) is 0 Å². The summed E-state index contributed by atoms with van der Waals surface area (Å²) in [5.41, 5.74) is 0. The van der Waals surface area contributed by atoms with Crippen LogP contribution >= 0.6 is 22.9 Å². The summed E-state index contributed by atoms with van der Waals surface area (Å²) in [4.78, 5) is 0. The van der Waals surface area contributed by atoms with Crippen LogP contribution < -0.4 is 0 Å². The van der Waals surface area contributed by atoms with Crippen molar-refractivity contribution < 1.29 is 0 Å². The van der Waals surface area contributed by atoms with Crippen molar-refractivity contribution in [2.45, 2.75) is 38.5 Å². The van der Waals surface area contributed by atoms with Crippen LogP contribution in [0.4, 0.5) is 0 Å². The van der Waals surface area contributed by atoms with Crippen molar-refractivity contribution in [3.05, 3.63) is 0 Å². The van der Waals surface area contributed by atoms with Gasteiger partial charge in [0.05, 0.1) is 0 Å². The van der Waals surface area contributed by atoms with Crippen LogP contribution in [0.3, 0.4) is 0 Å². The van der Waals surface area contributed by atoms with Crippen molar-refractivity contribution in [2.24, 2.45) is 9.03 Å². The van der Waals surface area contributed by atoms with E-state index in [-0.39, 0.29) is 0 Å². The number of piperidine rings is 2. The quantitative estimate of drug-likeness (QED) is 0.363. The second-order valence-electron chi connectivity index (χ2n) is 11.1. The van der Waals surface area contributed by atoms with Gasteiger partial charge in [-0.15, -0.1) is 0 Å². The zero-order valence-electron chi connectivity index (χ0n) is 24.9. The SMILES string of the molecule is CN(C)P(=N[PH](N=P(N(C)C)(N(C)C)N(C)C)(N1CCCCC1)N1CCCCC1)(N(C)C)N(C)C. The summed E-state index contributed by atoms with van der Waals surface area (Å²) in [7, 11) is 19.2. The minimum atomic E-state index is -2.88. The van der Waals surface area contributed by atoms with E-state index in [1.165, 1.54) is 38.5 Å². The van der Waals surface area contributed by atoms with Crippen LogP contribution in [0.15, 0.2) is 9.03 Å². The van der Waals surface area contributed by atoms with E-state index >= 15 is 0 Å². The number of rotatable bonds is 10. The molecule has 0 amide bonds. The Bertz CT molecular complexity index is 648. The Labute approximate surface area is 218 Å². The molecular formula is C22H57N10P3. The van der Waals surface area contributed by atoms with E-state index in [1.54, 1.807) is 0 Å². The molecule has 0 radical (unpaired) electrons. The summed E-state index contributed by atoms with van der Waals surface area (Å²) >= 11 is 0. The van der Waals surface area contributed by atoms with Gasteiger partial charge in [-0.05, 0) is 0 Å². The molecule has 0 unspecified atom stereocenters. The Morgan fingerprint density at radius 3 is 0.857 bits per heavy atom. The van der Waals surface area contributed by atoms with Crippen LogP contribution in [0, 0.1) is 0 Å². The number of hydrogen-bond acceptors (Lipinski definition) is 4. The van der Waals surface area contributed by atoms with Crippen LogP contribution in [-0.2, 0) is 0 Å². The molecule has 0 saturated carbocycles. The fourth-order valence-corrected chi connectivity index (χ4v) is 22.1. The topological polar surface area (TPSA) is 50.6 Å². The van der Waals surface area contributed by atoms with Gasteiger partial charge in [-0.2, -0.15) is 0 Å². The molecule has 0 aromatic heterocycles. The average molecular weight is 555 g/mol. The summed E-state index contributed by atoms with van der Waals surface area (Å²) in [5.74, 6) is 0. The molecule has 10 nitrogen and oxygen atoms in total. The zero-order chi connectivity index (χ0) is 26.6. The second kappa shape index (κ2) is 13.1. The third kappa shape index (κ3) is 6.25. The maximum absolute atomic E-state index is 6.18. The van der Waals surface area contributed by atoms with Crippen molar-refractivity contribution in [1.29, 1.82) is 0 Å². The minimum absolute atomic E-state index is 1.10. The molecule has 0 aromatic rings. The van der Waals surface area contributed by atoms with Crippen LogP contribution in [-0.4, -0.2) is 148 Å². The molecule has 2 fully saturated rings. The molecule has 210 valence electrons. The van der Waals surface area contributed by atoms with Crippen molar-refractivity contribution in [3.8, 4) is 0 Å². The predicted molar refractivity (Wildman–Crippen MR) is 160 cm³/mol. The second-order valence-corrected chi connectivity index (χ2v) is 22.1. The Balaban J connectivity index is 3.12. The summed E-state index contributed by atoms with van der Waals surface area (Å²) in [5, 5.41) is 0.